The lowest BCUT2D eigenvalue weighted by atomic mass is 9.95. The van der Waals surface area contributed by atoms with Crippen LogP contribution in [0.5, 0.6) is 0 Å². The van der Waals surface area contributed by atoms with Gasteiger partial charge in [0, 0.05) is 31.9 Å². The Morgan fingerprint density at radius 3 is 2.58 bits per heavy atom. The summed E-state index contributed by atoms with van der Waals surface area (Å²) in [6, 6.07) is 13.7. The molecule has 0 unspecified atom stereocenters. The molecule has 3 rings (SSSR count). The molecule has 1 aliphatic rings. The Bertz CT molecular complexity index is 715. The zero-order valence-corrected chi connectivity index (χ0v) is 15.3. The van der Waals surface area contributed by atoms with Gasteiger partial charge in [0.1, 0.15) is 0 Å². The van der Waals surface area contributed by atoms with Crippen LogP contribution in [0.4, 0.5) is 11.5 Å². The smallest absolute Gasteiger partial charge is 0.311 e. The van der Waals surface area contributed by atoms with Crippen LogP contribution in [0.25, 0.3) is 0 Å². The van der Waals surface area contributed by atoms with E-state index in [1.54, 1.807) is 12.3 Å². The molecule has 0 radical (unpaired) electrons. The minimum Gasteiger partial charge on any atom is -0.351 e. The number of anilines is 1. The summed E-state index contributed by atoms with van der Waals surface area (Å²) in [5, 5.41) is 11.3. The van der Waals surface area contributed by atoms with Gasteiger partial charge in [-0.3, -0.25) is 15.0 Å². The molecule has 0 amide bonds. The molecule has 0 N–H and O–H groups in total. The number of nitro groups is 1. The molecule has 6 nitrogen and oxygen atoms in total. The monoisotopic (exact) mass is 354 g/mol. The van der Waals surface area contributed by atoms with E-state index in [0.717, 1.165) is 45.6 Å². The number of likely N-dealkylation sites (tertiary alicyclic amines) is 1. The molecule has 1 aromatic carbocycles. The molecule has 2 heterocycles. The molecule has 6 heteroatoms. The highest BCUT2D eigenvalue weighted by Gasteiger charge is 2.25. The van der Waals surface area contributed by atoms with Gasteiger partial charge in [-0.05, 0) is 50.4 Å². The Labute approximate surface area is 154 Å². The molecular formula is C20H26N4O2. The highest BCUT2D eigenvalue weighted by molar-refractivity contribution is 5.57. The van der Waals surface area contributed by atoms with Gasteiger partial charge in [0.2, 0.25) is 5.82 Å². The number of hydrogen-bond donors (Lipinski definition) is 0. The van der Waals surface area contributed by atoms with Crippen LogP contribution in [0, 0.1) is 16.0 Å². The maximum Gasteiger partial charge on any atom is 0.311 e. The number of hydrogen-bond acceptors (Lipinski definition) is 5. The first-order valence-corrected chi connectivity index (χ1v) is 9.28. The molecule has 1 aliphatic heterocycles. The Morgan fingerprint density at radius 1 is 1.19 bits per heavy atom. The average molecular weight is 354 g/mol. The minimum atomic E-state index is -0.340. The van der Waals surface area contributed by atoms with Crippen molar-refractivity contribution in [2.45, 2.75) is 26.3 Å². The van der Waals surface area contributed by atoms with Crippen molar-refractivity contribution in [2.75, 3.05) is 31.1 Å². The van der Waals surface area contributed by atoms with E-state index in [2.05, 4.69) is 39.0 Å². The van der Waals surface area contributed by atoms with Gasteiger partial charge in [-0.25, -0.2) is 4.98 Å². The summed E-state index contributed by atoms with van der Waals surface area (Å²) in [5.41, 5.74) is 1.45. The van der Waals surface area contributed by atoms with Gasteiger partial charge in [0.25, 0.3) is 0 Å². The predicted molar refractivity (Wildman–Crippen MR) is 103 cm³/mol. The number of rotatable bonds is 7. The third-order valence-corrected chi connectivity index (χ3v) is 5.08. The summed E-state index contributed by atoms with van der Waals surface area (Å²) < 4.78 is 0. The van der Waals surface area contributed by atoms with Crippen LogP contribution in [-0.2, 0) is 6.54 Å². The normalized spacial score (nSPS) is 15.7. The molecule has 1 saturated heterocycles. The summed E-state index contributed by atoms with van der Waals surface area (Å²) in [6.07, 6.45) is 3.86. The zero-order valence-electron chi connectivity index (χ0n) is 15.3. The second-order valence-corrected chi connectivity index (χ2v) is 6.85. The first-order chi connectivity index (χ1) is 12.7. The lowest BCUT2D eigenvalue weighted by molar-refractivity contribution is -0.384. The van der Waals surface area contributed by atoms with Gasteiger partial charge < -0.3 is 4.90 Å². The van der Waals surface area contributed by atoms with Crippen molar-refractivity contribution >= 4 is 11.5 Å². The maximum absolute atomic E-state index is 11.3. The van der Waals surface area contributed by atoms with E-state index in [9.17, 15) is 10.1 Å². The summed E-state index contributed by atoms with van der Waals surface area (Å²) in [5.74, 6) is 1.04. The summed E-state index contributed by atoms with van der Waals surface area (Å²) in [4.78, 5) is 19.8. The van der Waals surface area contributed by atoms with Crippen LogP contribution >= 0.6 is 0 Å². The van der Waals surface area contributed by atoms with Gasteiger partial charge in [0.15, 0.2) is 0 Å². The van der Waals surface area contributed by atoms with E-state index in [1.807, 2.05) is 13.0 Å². The molecule has 1 fully saturated rings. The molecule has 26 heavy (non-hydrogen) atoms. The van der Waals surface area contributed by atoms with Crippen molar-refractivity contribution < 1.29 is 4.92 Å². The fourth-order valence-corrected chi connectivity index (χ4v) is 3.62. The van der Waals surface area contributed by atoms with Crippen LogP contribution in [-0.4, -0.2) is 41.0 Å². The largest absolute Gasteiger partial charge is 0.351 e. The Balaban J connectivity index is 1.57. The van der Waals surface area contributed by atoms with Crippen molar-refractivity contribution in [1.82, 2.24) is 9.88 Å². The molecule has 0 atom stereocenters. The fraction of sp³-hybridized carbons (Fsp3) is 0.450. The molecular weight excluding hydrogens is 328 g/mol. The zero-order chi connectivity index (χ0) is 18.4. The molecule has 0 saturated carbocycles. The van der Waals surface area contributed by atoms with Crippen LogP contribution in [0.15, 0.2) is 48.7 Å². The van der Waals surface area contributed by atoms with E-state index >= 15 is 0 Å². The third kappa shape index (κ3) is 4.58. The van der Waals surface area contributed by atoms with E-state index < -0.39 is 0 Å². The highest BCUT2D eigenvalue weighted by atomic mass is 16.6. The highest BCUT2D eigenvalue weighted by Crippen LogP contribution is 2.27. The summed E-state index contributed by atoms with van der Waals surface area (Å²) in [7, 11) is 0. The molecule has 138 valence electrons. The van der Waals surface area contributed by atoms with Crippen molar-refractivity contribution in [3.63, 3.8) is 0 Å². The fourth-order valence-electron chi connectivity index (χ4n) is 3.62. The Hall–Kier alpha value is -2.47. The van der Waals surface area contributed by atoms with E-state index in [4.69, 9.17) is 0 Å². The van der Waals surface area contributed by atoms with Gasteiger partial charge in [0.05, 0.1) is 4.92 Å². The molecule has 0 aliphatic carbocycles. The van der Waals surface area contributed by atoms with Crippen molar-refractivity contribution in [2.24, 2.45) is 5.92 Å². The topological polar surface area (TPSA) is 62.5 Å². The Kier molecular flexibility index (Phi) is 6.17. The van der Waals surface area contributed by atoms with Gasteiger partial charge in [-0.15, -0.1) is 0 Å². The van der Waals surface area contributed by atoms with Gasteiger partial charge in [-0.1, -0.05) is 30.3 Å². The van der Waals surface area contributed by atoms with Crippen LogP contribution in [0.2, 0.25) is 0 Å². The van der Waals surface area contributed by atoms with Crippen LogP contribution in [0.3, 0.4) is 0 Å². The molecule has 0 spiro atoms. The number of piperidine rings is 1. The first-order valence-electron chi connectivity index (χ1n) is 9.28. The SMILES string of the molecule is CCN(CC1CCN(Cc2ccccc2)CC1)c1ncccc1[N+](=O)[O-]. The Morgan fingerprint density at radius 2 is 1.92 bits per heavy atom. The number of benzene rings is 1. The first kappa shape index (κ1) is 18.3. The van der Waals surface area contributed by atoms with E-state index in [-0.39, 0.29) is 10.6 Å². The second-order valence-electron chi connectivity index (χ2n) is 6.85. The number of nitrogens with zero attached hydrogens (tertiary/aromatic N) is 4. The number of aromatic nitrogens is 1. The number of pyridine rings is 1. The van der Waals surface area contributed by atoms with Crippen LogP contribution < -0.4 is 4.90 Å². The summed E-state index contributed by atoms with van der Waals surface area (Å²) >= 11 is 0. The molecule has 1 aromatic heterocycles. The quantitative estimate of drug-likeness (QED) is 0.560. The molecule has 0 bridgehead atoms. The second kappa shape index (κ2) is 8.76. The van der Waals surface area contributed by atoms with E-state index in [0.29, 0.717) is 11.7 Å². The van der Waals surface area contributed by atoms with E-state index in [1.165, 1.54) is 11.6 Å². The average Bonchev–Trinajstić information content (AvgIpc) is 2.68. The lowest BCUT2D eigenvalue weighted by Gasteiger charge is -2.34. The van der Waals surface area contributed by atoms with Crippen molar-refractivity contribution in [1.29, 1.82) is 0 Å². The standard InChI is InChI=1S/C20H26N4O2/c1-2-23(20-19(24(25)26)9-6-12-21-20)16-18-10-13-22(14-11-18)15-17-7-4-3-5-8-17/h3-9,12,18H,2,10-11,13-16H2,1H3. The summed E-state index contributed by atoms with van der Waals surface area (Å²) in [6.45, 7) is 6.72. The molecule has 2 aromatic rings. The minimum absolute atomic E-state index is 0.0934. The van der Waals surface area contributed by atoms with Gasteiger partial charge in [-0.2, -0.15) is 0 Å². The van der Waals surface area contributed by atoms with Crippen molar-refractivity contribution in [3.8, 4) is 0 Å². The van der Waals surface area contributed by atoms with Crippen LogP contribution in [0.1, 0.15) is 25.3 Å². The maximum atomic E-state index is 11.3. The lowest BCUT2D eigenvalue weighted by Crippen LogP contribution is -2.38. The predicted octanol–water partition coefficient (Wildman–Crippen LogP) is 3.73. The third-order valence-electron chi connectivity index (χ3n) is 5.08. The van der Waals surface area contributed by atoms with Gasteiger partial charge >= 0.3 is 5.69 Å². The van der Waals surface area contributed by atoms with Crippen molar-refractivity contribution in [3.05, 3.63) is 64.3 Å².